The van der Waals surface area contributed by atoms with Crippen LogP contribution in [-0.2, 0) is 9.59 Å². The number of halogens is 1. The van der Waals surface area contributed by atoms with Gasteiger partial charge in [-0.2, -0.15) is 0 Å². The normalized spacial score (nSPS) is 15.8. The van der Waals surface area contributed by atoms with E-state index in [1.54, 1.807) is 25.3 Å². The summed E-state index contributed by atoms with van der Waals surface area (Å²) in [6.45, 7) is 7.06. The van der Waals surface area contributed by atoms with E-state index in [-0.39, 0.29) is 17.7 Å². The number of methoxy groups -OCH3 is 1. The Morgan fingerprint density at radius 3 is 2.64 bits per heavy atom. The van der Waals surface area contributed by atoms with E-state index in [2.05, 4.69) is 10.2 Å². The van der Waals surface area contributed by atoms with E-state index >= 15 is 0 Å². The summed E-state index contributed by atoms with van der Waals surface area (Å²) >= 11 is 6.07. The molecular formula is C18H26ClN3O3. The fraction of sp³-hybridized carbons (Fsp3) is 0.556. The topological polar surface area (TPSA) is 61.9 Å². The van der Waals surface area contributed by atoms with Gasteiger partial charge in [-0.25, -0.2) is 0 Å². The summed E-state index contributed by atoms with van der Waals surface area (Å²) in [5.74, 6) is 0.667. The van der Waals surface area contributed by atoms with E-state index in [0.29, 0.717) is 36.1 Å². The second kappa shape index (κ2) is 9.06. The highest BCUT2D eigenvalue weighted by atomic mass is 35.5. The highest BCUT2D eigenvalue weighted by molar-refractivity contribution is 6.32. The zero-order chi connectivity index (χ0) is 18.4. The molecule has 1 heterocycles. The van der Waals surface area contributed by atoms with E-state index in [9.17, 15) is 9.59 Å². The molecule has 0 aliphatic carbocycles. The Balaban J connectivity index is 1.86. The first kappa shape index (κ1) is 19.5. The number of carbonyl (C=O) groups is 2. The van der Waals surface area contributed by atoms with Crippen molar-refractivity contribution in [3.63, 3.8) is 0 Å². The van der Waals surface area contributed by atoms with Crippen LogP contribution in [0.1, 0.15) is 20.3 Å². The fourth-order valence-electron chi connectivity index (χ4n) is 2.86. The van der Waals surface area contributed by atoms with E-state index < -0.39 is 0 Å². The van der Waals surface area contributed by atoms with Gasteiger partial charge in [-0.05, 0) is 24.6 Å². The number of nitrogens with one attached hydrogen (secondary N) is 1. The van der Waals surface area contributed by atoms with Crippen molar-refractivity contribution in [1.82, 2.24) is 9.80 Å². The van der Waals surface area contributed by atoms with Crippen LogP contribution < -0.4 is 10.1 Å². The zero-order valence-electron chi connectivity index (χ0n) is 15.0. The molecule has 1 aromatic carbocycles. The van der Waals surface area contributed by atoms with E-state index in [1.807, 2.05) is 18.7 Å². The van der Waals surface area contributed by atoms with Gasteiger partial charge >= 0.3 is 0 Å². The molecule has 1 aliphatic rings. The van der Waals surface area contributed by atoms with Crippen molar-refractivity contribution in [3.05, 3.63) is 23.2 Å². The number of amides is 2. The number of rotatable bonds is 5. The summed E-state index contributed by atoms with van der Waals surface area (Å²) in [7, 11) is 1.55. The molecule has 138 valence electrons. The summed E-state index contributed by atoms with van der Waals surface area (Å²) in [5.41, 5.74) is 0.641. The summed E-state index contributed by atoms with van der Waals surface area (Å²) in [4.78, 5) is 28.4. The van der Waals surface area contributed by atoms with Gasteiger partial charge in [-0.3, -0.25) is 14.5 Å². The molecule has 0 spiro atoms. The van der Waals surface area contributed by atoms with E-state index in [0.717, 1.165) is 19.5 Å². The predicted octanol–water partition coefficient (Wildman–Crippen LogP) is 2.48. The maximum atomic E-state index is 12.3. The molecule has 1 fully saturated rings. The van der Waals surface area contributed by atoms with Crippen molar-refractivity contribution in [1.29, 1.82) is 0 Å². The van der Waals surface area contributed by atoms with Gasteiger partial charge in [0.15, 0.2) is 0 Å². The lowest BCUT2D eigenvalue weighted by molar-refractivity contribution is -0.134. The Kier molecular flexibility index (Phi) is 7.08. The number of carbonyl (C=O) groups excluding carboxylic acids is 2. The summed E-state index contributed by atoms with van der Waals surface area (Å²) < 4.78 is 5.10. The minimum Gasteiger partial charge on any atom is -0.495 e. The molecule has 0 unspecified atom stereocenters. The monoisotopic (exact) mass is 367 g/mol. The zero-order valence-corrected chi connectivity index (χ0v) is 15.8. The predicted molar refractivity (Wildman–Crippen MR) is 99.1 cm³/mol. The molecule has 1 N–H and O–H groups in total. The van der Waals surface area contributed by atoms with Crippen molar-refractivity contribution in [2.75, 3.05) is 45.2 Å². The van der Waals surface area contributed by atoms with Crippen LogP contribution in [-0.4, -0.2) is 61.4 Å². The number of anilines is 1. The summed E-state index contributed by atoms with van der Waals surface area (Å²) in [6, 6.07) is 5.15. The Bertz CT molecular complexity index is 622. The molecule has 0 saturated carbocycles. The maximum Gasteiger partial charge on any atom is 0.238 e. The number of benzene rings is 1. The lowest BCUT2D eigenvalue weighted by Gasteiger charge is -2.23. The SMILES string of the molecule is COc1ccc(NC(=O)CN2CCCN(C(=O)C(C)C)CC2)cc1Cl. The minimum atomic E-state index is -0.0927. The molecule has 0 atom stereocenters. The first-order valence-electron chi connectivity index (χ1n) is 8.55. The highest BCUT2D eigenvalue weighted by Crippen LogP contribution is 2.27. The second-order valence-electron chi connectivity index (χ2n) is 6.51. The largest absolute Gasteiger partial charge is 0.495 e. The standard InChI is InChI=1S/C18H26ClN3O3/c1-13(2)18(24)22-8-4-7-21(9-10-22)12-17(23)20-14-5-6-16(25-3)15(19)11-14/h5-6,11,13H,4,7-10,12H2,1-3H3,(H,20,23). The van der Waals surface area contributed by atoms with Crippen LogP contribution in [0.5, 0.6) is 5.75 Å². The van der Waals surface area contributed by atoms with Crippen LogP contribution in [0.3, 0.4) is 0 Å². The van der Waals surface area contributed by atoms with Crippen molar-refractivity contribution in [2.45, 2.75) is 20.3 Å². The number of nitrogens with zero attached hydrogens (tertiary/aromatic N) is 2. The molecule has 1 aliphatic heterocycles. The van der Waals surface area contributed by atoms with Gasteiger partial charge in [0, 0.05) is 37.8 Å². The maximum absolute atomic E-state index is 12.3. The number of ether oxygens (including phenoxy) is 1. The molecular weight excluding hydrogens is 342 g/mol. The molecule has 25 heavy (non-hydrogen) atoms. The number of hydrogen-bond donors (Lipinski definition) is 1. The fourth-order valence-corrected chi connectivity index (χ4v) is 3.12. The molecule has 0 radical (unpaired) electrons. The average Bonchev–Trinajstić information content (AvgIpc) is 2.79. The van der Waals surface area contributed by atoms with Crippen molar-refractivity contribution in [2.24, 2.45) is 5.92 Å². The van der Waals surface area contributed by atoms with Gasteiger partial charge in [-0.15, -0.1) is 0 Å². The highest BCUT2D eigenvalue weighted by Gasteiger charge is 2.22. The average molecular weight is 368 g/mol. The Morgan fingerprint density at radius 1 is 1.24 bits per heavy atom. The van der Waals surface area contributed by atoms with Crippen LogP contribution >= 0.6 is 11.6 Å². The summed E-state index contributed by atoms with van der Waals surface area (Å²) in [6.07, 6.45) is 0.875. The lowest BCUT2D eigenvalue weighted by Crippen LogP contribution is -2.39. The van der Waals surface area contributed by atoms with Gasteiger partial charge in [0.25, 0.3) is 0 Å². The molecule has 2 rings (SSSR count). The lowest BCUT2D eigenvalue weighted by atomic mass is 10.2. The molecule has 0 bridgehead atoms. The Morgan fingerprint density at radius 2 is 2.00 bits per heavy atom. The number of hydrogen-bond acceptors (Lipinski definition) is 4. The van der Waals surface area contributed by atoms with Crippen LogP contribution in [0.25, 0.3) is 0 Å². The molecule has 6 nitrogen and oxygen atoms in total. The Hall–Kier alpha value is -1.79. The smallest absolute Gasteiger partial charge is 0.238 e. The van der Waals surface area contributed by atoms with Gasteiger partial charge < -0.3 is 15.0 Å². The van der Waals surface area contributed by atoms with Crippen LogP contribution in [0.15, 0.2) is 18.2 Å². The minimum absolute atomic E-state index is 0.00895. The summed E-state index contributed by atoms with van der Waals surface area (Å²) in [5, 5.41) is 3.31. The van der Waals surface area contributed by atoms with Gasteiger partial charge in [0.2, 0.25) is 11.8 Å². The Labute approximate surface area is 154 Å². The van der Waals surface area contributed by atoms with E-state index in [4.69, 9.17) is 16.3 Å². The van der Waals surface area contributed by atoms with Crippen LogP contribution in [0, 0.1) is 5.92 Å². The second-order valence-corrected chi connectivity index (χ2v) is 6.91. The third-order valence-electron chi connectivity index (χ3n) is 4.20. The molecule has 2 amide bonds. The van der Waals surface area contributed by atoms with Crippen LogP contribution in [0.4, 0.5) is 5.69 Å². The molecule has 1 saturated heterocycles. The van der Waals surface area contributed by atoms with Crippen molar-refractivity contribution in [3.8, 4) is 5.75 Å². The van der Waals surface area contributed by atoms with E-state index in [1.165, 1.54) is 0 Å². The quantitative estimate of drug-likeness (QED) is 0.868. The van der Waals surface area contributed by atoms with Gasteiger partial charge in [-0.1, -0.05) is 25.4 Å². The van der Waals surface area contributed by atoms with Crippen molar-refractivity contribution < 1.29 is 14.3 Å². The third kappa shape index (κ3) is 5.61. The van der Waals surface area contributed by atoms with Crippen LogP contribution in [0.2, 0.25) is 5.02 Å². The third-order valence-corrected chi connectivity index (χ3v) is 4.49. The molecule has 1 aromatic rings. The first-order chi connectivity index (χ1) is 11.9. The first-order valence-corrected chi connectivity index (χ1v) is 8.93. The van der Waals surface area contributed by atoms with Gasteiger partial charge in [0.1, 0.15) is 5.75 Å². The van der Waals surface area contributed by atoms with Crippen molar-refractivity contribution >= 4 is 29.1 Å². The molecule has 7 heteroatoms. The molecule has 0 aromatic heterocycles. The van der Waals surface area contributed by atoms with Gasteiger partial charge in [0.05, 0.1) is 18.7 Å².